The quantitative estimate of drug-likeness (QED) is 0.618. The van der Waals surface area contributed by atoms with Crippen molar-refractivity contribution in [2.24, 2.45) is 0 Å². The number of hydrogen-bond acceptors (Lipinski definition) is 1. The molecule has 2 heterocycles. The molecule has 1 aromatic heterocycles. The topological polar surface area (TPSA) is 8.17 Å². The fourth-order valence-electron chi connectivity index (χ4n) is 3.76. The van der Waals surface area contributed by atoms with Crippen molar-refractivity contribution in [3.63, 3.8) is 0 Å². The highest BCUT2D eigenvalue weighted by Crippen LogP contribution is 2.32. The van der Waals surface area contributed by atoms with E-state index in [0.717, 1.165) is 19.5 Å². The molecule has 0 atom stereocenters. The lowest BCUT2D eigenvalue weighted by Gasteiger charge is -2.16. The second kappa shape index (κ2) is 7.90. The Morgan fingerprint density at radius 3 is 2.28 bits per heavy atom. The van der Waals surface area contributed by atoms with E-state index in [1.165, 1.54) is 41.2 Å². The van der Waals surface area contributed by atoms with Gasteiger partial charge in [-0.2, -0.15) is 0 Å². The van der Waals surface area contributed by atoms with Crippen LogP contribution in [0.2, 0.25) is 0 Å². The summed E-state index contributed by atoms with van der Waals surface area (Å²) in [5, 5.41) is 0. The van der Waals surface area contributed by atoms with E-state index in [1.54, 1.807) is 0 Å². The van der Waals surface area contributed by atoms with Gasteiger partial charge in [-0.05, 0) is 55.3 Å². The van der Waals surface area contributed by atoms with Gasteiger partial charge in [0.2, 0.25) is 0 Å². The van der Waals surface area contributed by atoms with Crippen LogP contribution in [0.3, 0.4) is 0 Å². The van der Waals surface area contributed by atoms with E-state index in [1.807, 2.05) is 0 Å². The van der Waals surface area contributed by atoms with Gasteiger partial charge in [0.15, 0.2) is 0 Å². The van der Waals surface area contributed by atoms with Gasteiger partial charge in [-0.3, -0.25) is 4.90 Å². The summed E-state index contributed by atoms with van der Waals surface area (Å²) in [6.45, 7) is 5.64. The Hall–Kier alpha value is -2.03. The number of nitrogens with zero attached hydrogens (tertiary/aromatic N) is 2. The normalized spacial score (nSPS) is 14.4. The summed E-state index contributed by atoms with van der Waals surface area (Å²) in [5.41, 5.74) is 6.83. The van der Waals surface area contributed by atoms with Crippen molar-refractivity contribution in [2.45, 2.75) is 26.3 Å². The summed E-state index contributed by atoms with van der Waals surface area (Å²) in [7, 11) is 0. The van der Waals surface area contributed by atoms with Crippen LogP contribution in [-0.2, 0) is 13.0 Å². The first kappa shape index (κ1) is 17.8. The maximum absolute atomic E-state index is 2.55. The molecular formula is C22H25ClN2. The lowest BCUT2D eigenvalue weighted by atomic mass is 10.1. The summed E-state index contributed by atoms with van der Waals surface area (Å²) in [6.07, 6.45) is 2.37. The van der Waals surface area contributed by atoms with E-state index >= 15 is 0 Å². The Kier molecular flexibility index (Phi) is 5.62. The van der Waals surface area contributed by atoms with Crippen LogP contribution >= 0.6 is 12.4 Å². The lowest BCUT2D eigenvalue weighted by Crippen LogP contribution is -2.22. The SMILES string of the molecule is CCN1CCCc2c(cc(-c3ccccc3)n2-c2ccccc2)C1.Cl. The second-order valence-electron chi connectivity index (χ2n) is 6.51. The van der Waals surface area contributed by atoms with E-state index < -0.39 is 0 Å². The Morgan fingerprint density at radius 1 is 0.920 bits per heavy atom. The van der Waals surface area contributed by atoms with Gasteiger partial charge in [0.1, 0.15) is 0 Å². The molecule has 0 saturated carbocycles. The number of benzene rings is 2. The van der Waals surface area contributed by atoms with Crippen molar-refractivity contribution in [1.82, 2.24) is 9.47 Å². The highest BCUT2D eigenvalue weighted by Gasteiger charge is 2.21. The molecule has 1 aliphatic rings. The van der Waals surface area contributed by atoms with Gasteiger partial charge in [-0.1, -0.05) is 55.5 Å². The monoisotopic (exact) mass is 352 g/mol. The molecule has 0 radical (unpaired) electrons. The highest BCUT2D eigenvalue weighted by molar-refractivity contribution is 5.85. The van der Waals surface area contributed by atoms with Crippen LogP contribution in [0.5, 0.6) is 0 Å². The summed E-state index contributed by atoms with van der Waals surface area (Å²) in [4.78, 5) is 2.55. The van der Waals surface area contributed by atoms with Crippen LogP contribution in [0, 0.1) is 0 Å². The molecule has 0 unspecified atom stereocenters. The van der Waals surface area contributed by atoms with E-state index in [4.69, 9.17) is 0 Å². The Bertz CT molecular complexity index is 809. The average Bonchev–Trinajstić information content (AvgIpc) is 2.88. The largest absolute Gasteiger partial charge is 0.313 e. The molecule has 0 bridgehead atoms. The lowest BCUT2D eigenvalue weighted by molar-refractivity contribution is 0.284. The van der Waals surface area contributed by atoms with E-state index in [-0.39, 0.29) is 12.4 Å². The minimum absolute atomic E-state index is 0. The Labute approximate surface area is 156 Å². The van der Waals surface area contributed by atoms with Crippen LogP contribution in [0.15, 0.2) is 66.7 Å². The van der Waals surface area contributed by atoms with Crippen molar-refractivity contribution >= 4 is 12.4 Å². The Balaban J connectivity index is 0.00000182. The maximum Gasteiger partial charge on any atom is 0.0534 e. The van der Waals surface area contributed by atoms with Crippen LogP contribution in [0.25, 0.3) is 16.9 Å². The predicted molar refractivity (Wildman–Crippen MR) is 108 cm³/mol. The molecule has 130 valence electrons. The van der Waals surface area contributed by atoms with E-state index in [0.29, 0.717) is 0 Å². The summed E-state index contributed by atoms with van der Waals surface area (Å²) < 4.78 is 2.48. The standard InChI is InChI=1S/C22H24N2.ClH/c1-2-23-15-9-14-21-19(17-23)16-22(18-10-5-3-6-11-18)24(21)20-12-7-4-8-13-20;/h3-8,10-13,16H,2,9,14-15,17H2,1H3;1H. The zero-order valence-corrected chi connectivity index (χ0v) is 15.5. The number of aromatic nitrogens is 1. The first-order valence-electron chi connectivity index (χ1n) is 8.93. The molecule has 3 aromatic rings. The molecule has 25 heavy (non-hydrogen) atoms. The van der Waals surface area contributed by atoms with Gasteiger partial charge < -0.3 is 4.57 Å². The molecule has 0 amide bonds. The van der Waals surface area contributed by atoms with Crippen molar-refractivity contribution in [1.29, 1.82) is 0 Å². The molecular weight excluding hydrogens is 328 g/mol. The summed E-state index contributed by atoms with van der Waals surface area (Å²) in [5.74, 6) is 0. The van der Waals surface area contributed by atoms with Crippen molar-refractivity contribution in [3.8, 4) is 16.9 Å². The van der Waals surface area contributed by atoms with E-state index in [2.05, 4.69) is 83.1 Å². The van der Waals surface area contributed by atoms with Gasteiger partial charge in [-0.25, -0.2) is 0 Å². The van der Waals surface area contributed by atoms with Crippen LogP contribution in [0.1, 0.15) is 24.6 Å². The van der Waals surface area contributed by atoms with Crippen molar-refractivity contribution in [3.05, 3.63) is 78.0 Å². The summed E-state index contributed by atoms with van der Waals surface area (Å²) in [6, 6.07) is 24.0. The second-order valence-corrected chi connectivity index (χ2v) is 6.51. The molecule has 2 aromatic carbocycles. The predicted octanol–water partition coefficient (Wildman–Crippen LogP) is 5.33. The number of fused-ring (bicyclic) bond motifs is 1. The van der Waals surface area contributed by atoms with Gasteiger partial charge in [0.25, 0.3) is 0 Å². The third kappa shape index (κ3) is 3.51. The molecule has 0 fully saturated rings. The van der Waals surface area contributed by atoms with Gasteiger partial charge in [0.05, 0.1) is 5.69 Å². The molecule has 1 aliphatic heterocycles. The van der Waals surface area contributed by atoms with Crippen LogP contribution in [0.4, 0.5) is 0 Å². The zero-order valence-electron chi connectivity index (χ0n) is 14.7. The molecule has 4 rings (SSSR count). The van der Waals surface area contributed by atoms with Crippen LogP contribution in [-0.4, -0.2) is 22.6 Å². The smallest absolute Gasteiger partial charge is 0.0534 e. The number of hydrogen-bond donors (Lipinski definition) is 0. The highest BCUT2D eigenvalue weighted by atomic mass is 35.5. The first-order chi connectivity index (χ1) is 11.9. The van der Waals surface area contributed by atoms with Crippen molar-refractivity contribution in [2.75, 3.05) is 13.1 Å². The molecule has 3 heteroatoms. The van der Waals surface area contributed by atoms with E-state index in [9.17, 15) is 0 Å². The number of para-hydroxylation sites is 1. The zero-order chi connectivity index (χ0) is 16.4. The minimum Gasteiger partial charge on any atom is -0.313 e. The maximum atomic E-state index is 2.55. The van der Waals surface area contributed by atoms with Gasteiger partial charge in [-0.15, -0.1) is 12.4 Å². The third-order valence-corrected chi connectivity index (χ3v) is 5.01. The fourth-order valence-corrected chi connectivity index (χ4v) is 3.76. The third-order valence-electron chi connectivity index (χ3n) is 5.01. The van der Waals surface area contributed by atoms with Gasteiger partial charge >= 0.3 is 0 Å². The molecule has 0 N–H and O–H groups in total. The average molecular weight is 353 g/mol. The number of rotatable bonds is 3. The fraction of sp³-hybridized carbons (Fsp3) is 0.273. The number of halogens is 1. The molecule has 2 nitrogen and oxygen atoms in total. The first-order valence-corrected chi connectivity index (χ1v) is 8.93. The minimum atomic E-state index is 0. The van der Waals surface area contributed by atoms with Crippen molar-refractivity contribution < 1.29 is 0 Å². The Morgan fingerprint density at radius 2 is 1.60 bits per heavy atom. The van der Waals surface area contributed by atoms with Crippen LogP contribution < -0.4 is 0 Å². The molecule has 0 saturated heterocycles. The van der Waals surface area contributed by atoms with Gasteiger partial charge in [0, 0.05) is 17.9 Å². The summed E-state index contributed by atoms with van der Waals surface area (Å²) >= 11 is 0. The molecule has 0 aliphatic carbocycles. The molecule has 0 spiro atoms.